The Hall–Kier alpha value is -2.09. The predicted octanol–water partition coefficient (Wildman–Crippen LogP) is 0.182. The summed E-state index contributed by atoms with van der Waals surface area (Å²) in [5, 5.41) is 5.40. The van der Waals surface area contributed by atoms with Crippen LogP contribution in [0.25, 0.3) is 0 Å². The highest BCUT2D eigenvalue weighted by molar-refractivity contribution is 7.91. The fourth-order valence-corrected chi connectivity index (χ4v) is 4.45. The Labute approximate surface area is 128 Å². The van der Waals surface area contributed by atoms with Crippen molar-refractivity contribution in [2.75, 3.05) is 30.0 Å². The Morgan fingerprint density at radius 2 is 2.23 bits per heavy atom. The molecule has 7 nitrogen and oxygen atoms in total. The van der Waals surface area contributed by atoms with E-state index in [4.69, 9.17) is 4.74 Å². The summed E-state index contributed by atoms with van der Waals surface area (Å²) in [6, 6.07) is 4.77. The lowest BCUT2D eigenvalue weighted by molar-refractivity contribution is -0.118. The van der Waals surface area contributed by atoms with Crippen LogP contribution in [0.5, 0.6) is 5.75 Å². The molecule has 0 spiro atoms. The summed E-state index contributed by atoms with van der Waals surface area (Å²) in [5.74, 6) is 0.240. The predicted molar refractivity (Wildman–Crippen MR) is 79.7 cm³/mol. The normalized spacial score (nSPS) is 22.4. The molecule has 1 atom stereocenters. The summed E-state index contributed by atoms with van der Waals surface area (Å²) in [6.45, 7) is 0.269. The van der Waals surface area contributed by atoms with Crippen LogP contribution in [0.3, 0.4) is 0 Å². The summed E-state index contributed by atoms with van der Waals surface area (Å²) in [6.07, 6.45) is 0.585. The SMILES string of the molecule is O=C1COc2cc(C(=O)NC[C@H]3CCS(=O)(=O)C3)ccc2N1. The van der Waals surface area contributed by atoms with Crippen LogP contribution in [0.15, 0.2) is 18.2 Å². The standard InChI is InChI=1S/C14H16N2O5S/c17-13-7-21-12-5-10(1-2-11(12)16-13)14(18)15-6-9-3-4-22(19,20)8-9/h1-2,5,9H,3-4,6-8H2,(H,15,18)(H,16,17)/t9-/m1/s1. The molecular weight excluding hydrogens is 308 g/mol. The van der Waals surface area contributed by atoms with Crippen molar-refractivity contribution < 1.29 is 22.7 Å². The van der Waals surface area contributed by atoms with Gasteiger partial charge in [-0.1, -0.05) is 0 Å². The number of amides is 2. The van der Waals surface area contributed by atoms with E-state index in [1.165, 1.54) is 0 Å². The van der Waals surface area contributed by atoms with Crippen molar-refractivity contribution in [2.24, 2.45) is 5.92 Å². The molecule has 0 unspecified atom stereocenters. The third-order valence-corrected chi connectivity index (χ3v) is 5.59. The molecular formula is C14H16N2O5S. The minimum absolute atomic E-state index is 0.0258. The molecule has 0 aromatic heterocycles. The molecule has 0 radical (unpaired) electrons. The van der Waals surface area contributed by atoms with E-state index in [0.717, 1.165) is 0 Å². The van der Waals surface area contributed by atoms with Gasteiger partial charge in [0, 0.05) is 12.1 Å². The van der Waals surface area contributed by atoms with Gasteiger partial charge in [-0.2, -0.15) is 0 Å². The van der Waals surface area contributed by atoms with Crippen molar-refractivity contribution in [1.29, 1.82) is 0 Å². The van der Waals surface area contributed by atoms with Gasteiger partial charge in [-0.25, -0.2) is 8.42 Å². The first-order valence-corrected chi connectivity index (χ1v) is 8.80. The van der Waals surface area contributed by atoms with E-state index < -0.39 is 9.84 Å². The first-order chi connectivity index (χ1) is 10.4. The van der Waals surface area contributed by atoms with Crippen molar-refractivity contribution in [2.45, 2.75) is 6.42 Å². The van der Waals surface area contributed by atoms with Crippen LogP contribution < -0.4 is 15.4 Å². The number of rotatable bonds is 3. The van der Waals surface area contributed by atoms with E-state index in [2.05, 4.69) is 10.6 Å². The first kappa shape index (κ1) is 14.8. The second-order valence-corrected chi connectivity index (χ2v) is 7.76. The minimum Gasteiger partial charge on any atom is -0.482 e. The number of anilines is 1. The molecule has 3 rings (SSSR count). The molecule has 2 aliphatic heterocycles. The van der Waals surface area contributed by atoms with Crippen LogP contribution in [-0.2, 0) is 14.6 Å². The third kappa shape index (κ3) is 3.22. The number of nitrogens with one attached hydrogen (secondary N) is 2. The number of hydrogen-bond donors (Lipinski definition) is 2. The fourth-order valence-electron chi connectivity index (χ4n) is 2.59. The highest BCUT2D eigenvalue weighted by atomic mass is 32.2. The van der Waals surface area contributed by atoms with Crippen molar-refractivity contribution in [1.82, 2.24) is 5.32 Å². The Morgan fingerprint density at radius 1 is 1.41 bits per heavy atom. The summed E-state index contributed by atoms with van der Waals surface area (Å²) in [7, 11) is -2.94. The van der Waals surface area contributed by atoms with Crippen LogP contribution in [0.2, 0.25) is 0 Å². The zero-order chi connectivity index (χ0) is 15.7. The number of fused-ring (bicyclic) bond motifs is 1. The number of hydrogen-bond acceptors (Lipinski definition) is 5. The smallest absolute Gasteiger partial charge is 0.262 e. The average molecular weight is 324 g/mol. The van der Waals surface area contributed by atoms with Crippen LogP contribution >= 0.6 is 0 Å². The van der Waals surface area contributed by atoms with Crippen LogP contribution in [0.1, 0.15) is 16.8 Å². The largest absolute Gasteiger partial charge is 0.482 e. The van der Waals surface area contributed by atoms with Crippen LogP contribution in [0, 0.1) is 5.92 Å². The van der Waals surface area contributed by atoms with Gasteiger partial charge in [-0.3, -0.25) is 9.59 Å². The molecule has 2 heterocycles. The monoisotopic (exact) mass is 324 g/mol. The number of ether oxygens (including phenoxy) is 1. The summed E-state index contributed by atoms with van der Waals surface area (Å²) in [4.78, 5) is 23.3. The van der Waals surface area contributed by atoms with Crippen LogP contribution in [0.4, 0.5) is 5.69 Å². The molecule has 2 amide bonds. The van der Waals surface area contributed by atoms with Crippen molar-refractivity contribution in [3.63, 3.8) is 0 Å². The Bertz CT molecular complexity index is 729. The summed E-state index contributed by atoms with van der Waals surface area (Å²) in [5.41, 5.74) is 0.949. The lowest BCUT2D eigenvalue weighted by Gasteiger charge is -2.18. The second-order valence-electron chi connectivity index (χ2n) is 5.53. The van der Waals surface area contributed by atoms with Crippen molar-refractivity contribution >= 4 is 27.3 Å². The van der Waals surface area contributed by atoms with Gasteiger partial charge < -0.3 is 15.4 Å². The lowest BCUT2D eigenvalue weighted by Crippen LogP contribution is -2.30. The first-order valence-electron chi connectivity index (χ1n) is 6.98. The molecule has 0 bridgehead atoms. The van der Waals surface area contributed by atoms with E-state index in [0.29, 0.717) is 30.0 Å². The molecule has 8 heteroatoms. The van der Waals surface area contributed by atoms with Gasteiger partial charge in [0.25, 0.3) is 11.8 Å². The molecule has 118 valence electrons. The van der Waals surface area contributed by atoms with Gasteiger partial charge in [0.2, 0.25) is 0 Å². The van der Waals surface area contributed by atoms with Gasteiger partial charge >= 0.3 is 0 Å². The van der Waals surface area contributed by atoms with E-state index in [1.807, 2.05) is 0 Å². The van der Waals surface area contributed by atoms with Crippen molar-refractivity contribution in [3.8, 4) is 5.75 Å². The zero-order valence-electron chi connectivity index (χ0n) is 11.8. The highest BCUT2D eigenvalue weighted by Gasteiger charge is 2.28. The van der Waals surface area contributed by atoms with Gasteiger partial charge in [0.05, 0.1) is 17.2 Å². The maximum Gasteiger partial charge on any atom is 0.262 e. The van der Waals surface area contributed by atoms with E-state index in [9.17, 15) is 18.0 Å². The minimum atomic E-state index is -2.94. The summed E-state index contributed by atoms with van der Waals surface area (Å²) < 4.78 is 28.0. The Kier molecular flexibility index (Phi) is 3.78. The van der Waals surface area contributed by atoms with E-state index in [1.54, 1.807) is 18.2 Å². The molecule has 2 aliphatic rings. The van der Waals surface area contributed by atoms with Crippen molar-refractivity contribution in [3.05, 3.63) is 23.8 Å². The Balaban J connectivity index is 1.62. The number of sulfone groups is 1. The zero-order valence-corrected chi connectivity index (χ0v) is 12.6. The summed E-state index contributed by atoms with van der Waals surface area (Å²) >= 11 is 0. The lowest BCUT2D eigenvalue weighted by atomic mass is 10.1. The average Bonchev–Trinajstić information content (AvgIpc) is 2.83. The molecule has 0 saturated carbocycles. The van der Waals surface area contributed by atoms with Gasteiger partial charge in [-0.15, -0.1) is 0 Å². The highest BCUT2D eigenvalue weighted by Crippen LogP contribution is 2.28. The number of carbonyl (C=O) groups is 2. The fraction of sp³-hybridized carbons (Fsp3) is 0.429. The van der Waals surface area contributed by atoms with Gasteiger partial charge in [0.15, 0.2) is 16.4 Å². The molecule has 1 aromatic carbocycles. The number of benzene rings is 1. The molecule has 1 aromatic rings. The maximum atomic E-state index is 12.1. The number of carbonyl (C=O) groups excluding carboxylic acids is 2. The molecule has 2 N–H and O–H groups in total. The van der Waals surface area contributed by atoms with Crippen LogP contribution in [-0.4, -0.2) is 44.9 Å². The molecule has 1 saturated heterocycles. The molecule has 22 heavy (non-hydrogen) atoms. The Morgan fingerprint density at radius 3 is 2.95 bits per heavy atom. The third-order valence-electron chi connectivity index (χ3n) is 3.75. The molecule has 1 fully saturated rings. The maximum absolute atomic E-state index is 12.1. The quantitative estimate of drug-likeness (QED) is 0.826. The second kappa shape index (κ2) is 5.60. The molecule has 0 aliphatic carbocycles. The van der Waals surface area contributed by atoms with E-state index in [-0.39, 0.29) is 35.8 Å². The van der Waals surface area contributed by atoms with Gasteiger partial charge in [-0.05, 0) is 30.5 Å². The van der Waals surface area contributed by atoms with Gasteiger partial charge in [0.1, 0.15) is 5.75 Å². The van der Waals surface area contributed by atoms with E-state index >= 15 is 0 Å². The topological polar surface area (TPSA) is 102 Å².